The average Bonchev–Trinajstić information content (AvgIpc) is 2.99. The number of hydrogen-bond donors (Lipinski definition) is 1. The van der Waals surface area contributed by atoms with Gasteiger partial charge in [-0.1, -0.05) is 31.5 Å². The Morgan fingerprint density at radius 1 is 1.15 bits per heavy atom. The molecule has 1 N–H and O–H groups in total. The first kappa shape index (κ1) is 19.6. The Bertz CT molecular complexity index is 794. The van der Waals surface area contributed by atoms with Gasteiger partial charge in [-0.25, -0.2) is 4.79 Å². The lowest BCUT2D eigenvalue weighted by molar-refractivity contribution is -0.125. The summed E-state index contributed by atoms with van der Waals surface area (Å²) >= 11 is 0. The van der Waals surface area contributed by atoms with Crippen LogP contribution in [0.2, 0.25) is 0 Å². The molecule has 26 heavy (non-hydrogen) atoms. The Morgan fingerprint density at radius 3 is 2.46 bits per heavy atom. The molecule has 0 radical (unpaired) electrons. The second kappa shape index (κ2) is 8.60. The van der Waals surface area contributed by atoms with Crippen LogP contribution in [0.4, 0.5) is 0 Å². The van der Waals surface area contributed by atoms with Crippen LogP contribution in [0.15, 0.2) is 18.2 Å². The van der Waals surface area contributed by atoms with Crippen LogP contribution in [0.1, 0.15) is 54.0 Å². The highest BCUT2D eigenvalue weighted by atomic mass is 16.5. The van der Waals surface area contributed by atoms with Gasteiger partial charge < -0.3 is 10.1 Å². The van der Waals surface area contributed by atoms with Crippen molar-refractivity contribution in [1.82, 2.24) is 20.3 Å². The molecule has 0 saturated carbocycles. The number of benzene rings is 1. The number of amides is 1. The summed E-state index contributed by atoms with van der Waals surface area (Å²) in [6.45, 7) is 9.32. The van der Waals surface area contributed by atoms with E-state index in [0.717, 1.165) is 29.7 Å². The third kappa shape index (κ3) is 4.68. The van der Waals surface area contributed by atoms with Crippen LogP contribution in [0.3, 0.4) is 0 Å². The Labute approximate surface area is 153 Å². The van der Waals surface area contributed by atoms with Crippen LogP contribution >= 0.6 is 0 Å². The SMILES string of the molecule is CCC(CC)NC(=O)COC(=O)c1nn(-c2ccc(C)cc2C)nc1C. The summed E-state index contributed by atoms with van der Waals surface area (Å²) in [5, 5.41) is 11.4. The Kier molecular flexibility index (Phi) is 6.49. The van der Waals surface area contributed by atoms with Crippen LogP contribution in [0, 0.1) is 20.8 Å². The van der Waals surface area contributed by atoms with Gasteiger partial charge in [0.05, 0.1) is 11.4 Å². The van der Waals surface area contributed by atoms with Gasteiger partial charge in [0.1, 0.15) is 0 Å². The predicted octanol–water partition coefficient (Wildman–Crippen LogP) is 2.65. The average molecular weight is 358 g/mol. The molecule has 0 atom stereocenters. The molecule has 0 aliphatic rings. The van der Waals surface area contributed by atoms with Crippen molar-refractivity contribution < 1.29 is 14.3 Å². The number of aromatic nitrogens is 3. The van der Waals surface area contributed by atoms with Gasteiger partial charge in [-0.2, -0.15) is 9.90 Å². The standard InChI is InChI=1S/C19H26N4O3/c1-6-15(7-2)20-17(24)11-26-19(25)18-14(5)21-23(22-18)16-9-8-12(3)10-13(16)4/h8-10,15H,6-7,11H2,1-5H3,(H,20,24). The third-order valence-electron chi connectivity index (χ3n) is 4.23. The number of esters is 1. The number of hydrogen-bond acceptors (Lipinski definition) is 5. The predicted molar refractivity (Wildman–Crippen MR) is 98.4 cm³/mol. The lowest BCUT2D eigenvalue weighted by Crippen LogP contribution is -2.36. The maximum absolute atomic E-state index is 12.3. The van der Waals surface area contributed by atoms with E-state index in [1.807, 2.05) is 45.9 Å². The van der Waals surface area contributed by atoms with Crippen molar-refractivity contribution in [3.8, 4) is 5.69 Å². The van der Waals surface area contributed by atoms with E-state index < -0.39 is 5.97 Å². The molecule has 0 unspecified atom stereocenters. The first-order chi connectivity index (χ1) is 12.3. The van der Waals surface area contributed by atoms with Crippen molar-refractivity contribution in [3.63, 3.8) is 0 Å². The number of carbonyl (C=O) groups excluding carboxylic acids is 2. The van der Waals surface area contributed by atoms with E-state index >= 15 is 0 Å². The molecule has 0 saturated heterocycles. The zero-order valence-electron chi connectivity index (χ0n) is 16.0. The summed E-state index contributed by atoms with van der Waals surface area (Å²) < 4.78 is 5.09. The van der Waals surface area contributed by atoms with Crippen LogP contribution in [0.25, 0.3) is 5.69 Å². The largest absolute Gasteiger partial charge is 0.451 e. The van der Waals surface area contributed by atoms with Gasteiger partial charge in [0, 0.05) is 6.04 Å². The summed E-state index contributed by atoms with van der Waals surface area (Å²) in [6.07, 6.45) is 1.67. The highest BCUT2D eigenvalue weighted by molar-refractivity contribution is 5.90. The number of ether oxygens (including phenoxy) is 1. The van der Waals surface area contributed by atoms with Gasteiger partial charge in [-0.05, 0) is 45.2 Å². The van der Waals surface area contributed by atoms with Crippen molar-refractivity contribution >= 4 is 11.9 Å². The zero-order chi connectivity index (χ0) is 19.3. The third-order valence-corrected chi connectivity index (χ3v) is 4.23. The highest BCUT2D eigenvalue weighted by Crippen LogP contribution is 2.15. The van der Waals surface area contributed by atoms with E-state index in [2.05, 4.69) is 15.5 Å². The van der Waals surface area contributed by atoms with Crippen molar-refractivity contribution in [1.29, 1.82) is 0 Å². The fraction of sp³-hybridized carbons (Fsp3) is 0.474. The molecule has 7 nitrogen and oxygen atoms in total. The minimum absolute atomic E-state index is 0.0910. The summed E-state index contributed by atoms with van der Waals surface area (Å²) in [4.78, 5) is 25.5. The molecule has 1 aromatic heterocycles. The second-order valence-corrected chi connectivity index (χ2v) is 6.37. The molecule has 0 aliphatic carbocycles. The summed E-state index contributed by atoms with van der Waals surface area (Å²) in [6, 6.07) is 5.98. The quantitative estimate of drug-likeness (QED) is 0.769. The fourth-order valence-electron chi connectivity index (χ4n) is 2.67. The topological polar surface area (TPSA) is 86.1 Å². The molecular formula is C19H26N4O3. The second-order valence-electron chi connectivity index (χ2n) is 6.37. The molecule has 2 rings (SSSR count). The molecule has 0 spiro atoms. The van der Waals surface area contributed by atoms with Crippen molar-refractivity contribution in [3.05, 3.63) is 40.7 Å². The first-order valence-electron chi connectivity index (χ1n) is 8.83. The van der Waals surface area contributed by atoms with Gasteiger partial charge >= 0.3 is 5.97 Å². The lowest BCUT2D eigenvalue weighted by atomic mass is 10.1. The van der Waals surface area contributed by atoms with E-state index in [-0.39, 0.29) is 24.2 Å². The Morgan fingerprint density at radius 2 is 1.85 bits per heavy atom. The first-order valence-corrected chi connectivity index (χ1v) is 8.83. The Hall–Kier alpha value is -2.70. The fourth-order valence-corrected chi connectivity index (χ4v) is 2.67. The molecular weight excluding hydrogens is 332 g/mol. The maximum atomic E-state index is 12.3. The number of rotatable bonds is 7. The van der Waals surface area contributed by atoms with Crippen LogP contribution in [-0.4, -0.2) is 39.5 Å². The van der Waals surface area contributed by atoms with E-state index in [4.69, 9.17) is 4.74 Å². The molecule has 7 heteroatoms. The Balaban J connectivity index is 2.06. The van der Waals surface area contributed by atoms with E-state index in [0.29, 0.717) is 5.69 Å². The van der Waals surface area contributed by atoms with Crippen LogP contribution in [-0.2, 0) is 9.53 Å². The van der Waals surface area contributed by atoms with E-state index in [1.54, 1.807) is 6.92 Å². The minimum Gasteiger partial charge on any atom is -0.451 e. The van der Waals surface area contributed by atoms with Crippen molar-refractivity contribution in [2.75, 3.05) is 6.61 Å². The van der Waals surface area contributed by atoms with E-state index in [1.165, 1.54) is 4.80 Å². The van der Waals surface area contributed by atoms with Gasteiger partial charge in [0.2, 0.25) is 0 Å². The summed E-state index contributed by atoms with van der Waals surface area (Å²) in [5.41, 5.74) is 3.50. The van der Waals surface area contributed by atoms with E-state index in [9.17, 15) is 9.59 Å². The highest BCUT2D eigenvalue weighted by Gasteiger charge is 2.20. The zero-order valence-corrected chi connectivity index (χ0v) is 16.0. The maximum Gasteiger partial charge on any atom is 0.361 e. The smallest absolute Gasteiger partial charge is 0.361 e. The lowest BCUT2D eigenvalue weighted by Gasteiger charge is -2.14. The van der Waals surface area contributed by atoms with Crippen molar-refractivity contribution in [2.24, 2.45) is 0 Å². The minimum atomic E-state index is -0.654. The molecule has 1 aromatic carbocycles. The monoisotopic (exact) mass is 358 g/mol. The molecule has 140 valence electrons. The van der Waals surface area contributed by atoms with Crippen LogP contribution < -0.4 is 5.32 Å². The summed E-state index contributed by atoms with van der Waals surface area (Å²) in [5.74, 6) is -0.968. The van der Waals surface area contributed by atoms with Crippen molar-refractivity contribution in [2.45, 2.75) is 53.5 Å². The summed E-state index contributed by atoms with van der Waals surface area (Å²) in [7, 11) is 0. The molecule has 1 amide bonds. The molecule has 0 fully saturated rings. The number of aryl methyl sites for hydroxylation is 3. The van der Waals surface area contributed by atoms with Gasteiger partial charge in [0.15, 0.2) is 12.3 Å². The van der Waals surface area contributed by atoms with Gasteiger partial charge in [-0.3, -0.25) is 4.79 Å². The molecule has 0 aliphatic heterocycles. The number of nitrogens with one attached hydrogen (secondary N) is 1. The molecule has 0 bridgehead atoms. The molecule has 1 heterocycles. The molecule has 2 aromatic rings. The number of nitrogens with zero attached hydrogens (tertiary/aromatic N) is 3. The normalized spacial score (nSPS) is 10.8. The van der Waals surface area contributed by atoms with Gasteiger partial charge in [-0.15, -0.1) is 5.10 Å². The van der Waals surface area contributed by atoms with Crippen LogP contribution in [0.5, 0.6) is 0 Å². The number of carbonyl (C=O) groups is 2. The van der Waals surface area contributed by atoms with Gasteiger partial charge in [0.25, 0.3) is 5.91 Å².